The summed E-state index contributed by atoms with van der Waals surface area (Å²) in [6.45, 7) is 1.75. The van der Waals surface area contributed by atoms with Gasteiger partial charge >= 0.3 is 0 Å². The molecule has 0 aliphatic carbocycles. The van der Waals surface area contributed by atoms with Crippen LogP contribution in [0.4, 0.5) is 4.39 Å². The molecule has 0 amide bonds. The molecule has 1 N–H and O–H groups in total. The van der Waals surface area contributed by atoms with Crippen molar-refractivity contribution in [3.8, 4) is 11.5 Å². The molecule has 0 saturated heterocycles. The first-order valence-electron chi connectivity index (χ1n) is 7.71. The fourth-order valence-electron chi connectivity index (χ4n) is 2.48. The number of benzene rings is 2. The molecular formula is C18H18ClFN2O2. The molecule has 0 atom stereocenters. The summed E-state index contributed by atoms with van der Waals surface area (Å²) in [5, 5.41) is 3.60. The molecule has 4 nitrogen and oxygen atoms in total. The van der Waals surface area contributed by atoms with Gasteiger partial charge in [-0.05, 0) is 36.8 Å². The summed E-state index contributed by atoms with van der Waals surface area (Å²) in [4.78, 5) is 4.46. The first-order chi connectivity index (χ1) is 11.7. The minimum atomic E-state index is -0.390. The minimum Gasteiger partial charge on any atom is -0.493 e. The number of methoxy groups -OCH3 is 1. The fourth-order valence-corrected chi connectivity index (χ4v) is 2.70. The maximum Gasteiger partial charge on any atom is 0.161 e. The Morgan fingerprint density at radius 2 is 2.12 bits per heavy atom. The molecule has 0 spiro atoms. The van der Waals surface area contributed by atoms with Crippen LogP contribution in [0.3, 0.4) is 0 Å². The average Bonchev–Trinajstić information content (AvgIpc) is 2.62. The molecule has 2 aromatic carbocycles. The number of nitrogens with zero attached hydrogens (tertiary/aromatic N) is 1. The number of amidine groups is 1. The molecule has 0 unspecified atom stereocenters. The molecule has 24 heavy (non-hydrogen) atoms. The molecule has 1 heterocycles. The van der Waals surface area contributed by atoms with Crippen LogP contribution in [0.5, 0.6) is 11.5 Å². The Balaban J connectivity index is 1.79. The minimum absolute atomic E-state index is 0.0282. The fraction of sp³-hybridized carbons (Fsp3) is 0.278. The van der Waals surface area contributed by atoms with E-state index >= 15 is 0 Å². The third kappa shape index (κ3) is 3.62. The summed E-state index contributed by atoms with van der Waals surface area (Å²) < 4.78 is 24.9. The highest BCUT2D eigenvalue weighted by atomic mass is 35.5. The van der Waals surface area contributed by atoms with E-state index in [9.17, 15) is 4.39 Å². The summed E-state index contributed by atoms with van der Waals surface area (Å²) in [6.07, 6.45) is 1.03. The van der Waals surface area contributed by atoms with Crippen molar-refractivity contribution < 1.29 is 13.9 Å². The summed E-state index contributed by atoms with van der Waals surface area (Å²) in [7, 11) is 1.57. The van der Waals surface area contributed by atoms with E-state index in [0.29, 0.717) is 22.1 Å². The second-order valence-corrected chi connectivity index (χ2v) is 5.77. The van der Waals surface area contributed by atoms with Gasteiger partial charge in [-0.2, -0.15) is 0 Å². The predicted molar refractivity (Wildman–Crippen MR) is 92.8 cm³/mol. The van der Waals surface area contributed by atoms with Crippen LogP contribution < -0.4 is 14.8 Å². The van der Waals surface area contributed by atoms with Crippen LogP contribution in [-0.2, 0) is 6.61 Å². The number of aliphatic imine (C=N–C) groups is 1. The van der Waals surface area contributed by atoms with Crippen LogP contribution >= 0.6 is 11.6 Å². The molecule has 3 rings (SSSR count). The van der Waals surface area contributed by atoms with Crippen molar-refractivity contribution in [2.75, 3.05) is 20.2 Å². The lowest BCUT2D eigenvalue weighted by molar-refractivity contribution is 0.280. The number of hydrogen-bond acceptors (Lipinski definition) is 4. The van der Waals surface area contributed by atoms with Gasteiger partial charge in [0, 0.05) is 24.2 Å². The zero-order chi connectivity index (χ0) is 16.9. The molecule has 1 aliphatic rings. The highest BCUT2D eigenvalue weighted by Gasteiger charge is 2.13. The Bertz CT molecular complexity index is 744. The van der Waals surface area contributed by atoms with Crippen molar-refractivity contribution in [1.29, 1.82) is 0 Å². The second-order valence-electron chi connectivity index (χ2n) is 5.37. The van der Waals surface area contributed by atoms with Crippen LogP contribution in [0.1, 0.15) is 17.5 Å². The molecule has 6 heteroatoms. The Kier molecular flexibility index (Phi) is 5.20. The van der Waals surface area contributed by atoms with E-state index in [2.05, 4.69) is 10.3 Å². The number of ether oxygens (including phenoxy) is 2. The van der Waals surface area contributed by atoms with Crippen molar-refractivity contribution in [1.82, 2.24) is 5.32 Å². The lowest BCUT2D eigenvalue weighted by Crippen LogP contribution is -2.30. The normalized spacial score (nSPS) is 13.9. The highest BCUT2D eigenvalue weighted by Crippen LogP contribution is 2.30. The third-order valence-electron chi connectivity index (χ3n) is 3.77. The largest absolute Gasteiger partial charge is 0.493 e. The number of halogens is 2. The Hall–Kier alpha value is -2.27. The zero-order valence-electron chi connectivity index (χ0n) is 13.3. The van der Waals surface area contributed by atoms with Crippen LogP contribution in [0.15, 0.2) is 41.4 Å². The first-order valence-corrected chi connectivity index (χ1v) is 8.09. The maximum absolute atomic E-state index is 13.8. The van der Waals surface area contributed by atoms with Gasteiger partial charge in [0.2, 0.25) is 0 Å². The van der Waals surface area contributed by atoms with Gasteiger partial charge < -0.3 is 14.8 Å². The summed E-state index contributed by atoms with van der Waals surface area (Å²) in [5.41, 5.74) is 1.26. The van der Waals surface area contributed by atoms with E-state index in [-0.39, 0.29) is 12.4 Å². The lowest BCUT2D eigenvalue weighted by Gasteiger charge is -2.17. The molecule has 126 valence electrons. The lowest BCUT2D eigenvalue weighted by atomic mass is 10.1. The van der Waals surface area contributed by atoms with Gasteiger partial charge in [-0.15, -0.1) is 0 Å². The summed E-state index contributed by atoms with van der Waals surface area (Å²) in [6, 6.07) is 10.1. The number of hydrogen-bond donors (Lipinski definition) is 1. The topological polar surface area (TPSA) is 42.8 Å². The monoisotopic (exact) mass is 348 g/mol. The van der Waals surface area contributed by atoms with Crippen molar-refractivity contribution in [2.24, 2.45) is 4.99 Å². The second kappa shape index (κ2) is 7.53. The predicted octanol–water partition coefficient (Wildman–Crippen LogP) is 3.81. The van der Waals surface area contributed by atoms with Gasteiger partial charge in [0.25, 0.3) is 0 Å². The summed E-state index contributed by atoms with van der Waals surface area (Å²) >= 11 is 6.02. The Morgan fingerprint density at radius 3 is 2.83 bits per heavy atom. The standard InChI is InChI=1S/C18H18ClFN2O2/c1-23-17-10-12(18-21-8-3-9-22-18)6-7-16(17)24-11-13-14(19)4-2-5-15(13)20/h2,4-7,10H,3,8-9,11H2,1H3,(H,21,22). The van der Waals surface area contributed by atoms with Crippen molar-refractivity contribution in [3.05, 3.63) is 58.4 Å². The van der Waals surface area contributed by atoms with E-state index < -0.39 is 0 Å². The van der Waals surface area contributed by atoms with E-state index in [1.165, 1.54) is 6.07 Å². The van der Waals surface area contributed by atoms with E-state index in [1.54, 1.807) is 25.3 Å². The number of rotatable bonds is 5. The van der Waals surface area contributed by atoms with Gasteiger partial charge in [-0.1, -0.05) is 17.7 Å². The molecule has 1 aliphatic heterocycles. The van der Waals surface area contributed by atoms with Crippen LogP contribution in [0.25, 0.3) is 0 Å². The van der Waals surface area contributed by atoms with Gasteiger partial charge in [0.1, 0.15) is 18.3 Å². The van der Waals surface area contributed by atoms with E-state index in [4.69, 9.17) is 21.1 Å². The van der Waals surface area contributed by atoms with Gasteiger partial charge in [0.05, 0.1) is 12.1 Å². The van der Waals surface area contributed by atoms with Crippen molar-refractivity contribution >= 4 is 17.4 Å². The Labute approximate surface area is 145 Å². The number of nitrogens with one attached hydrogen (secondary N) is 1. The van der Waals surface area contributed by atoms with Crippen molar-refractivity contribution in [3.63, 3.8) is 0 Å². The molecule has 0 fully saturated rings. The van der Waals surface area contributed by atoms with Crippen LogP contribution in [0, 0.1) is 5.82 Å². The van der Waals surface area contributed by atoms with Crippen molar-refractivity contribution in [2.45, 2.75) is 13.0 Å². The van der Waals surface area contributed by atoms with Crippen LogP contribution in [0.2, 0.25) is 5.02 Å². The molecular weight excluding hydrogens is 331 g/mol. The van der Waals surface area contributed by atoms with Crippen LogP contribution in [-0.4, -0.2) is 26.0 Å². The highest BCUT2D eigenvalue weighted by molar-refractivity contribution is 6.31. The van der Waals surface area contributed by atoms with Gasteiger partial charge in [-0.3, -0.25) is 4.99 Å². The molecule has 0 radical (unpaired) electrons. The first kappa shape index (κ1) is 16.6. The average molecular weight is 349 g/mol. The molecule has 0 saturated carbocycles. The third-order valence-corrected chi connectivity index (χ3v) is 4.12. The van der Waals surface area contributed by atoms with E-state index in [0.717, 1.165) is 30.9 Å². The quantitative estimate of drug-likeness (QED) is 0.893. The molecule has 0 aromatic heterocycles. The Morgan fingerprint density at radius 1 is 1.25 bits per heavy atom. The molecule has 2 aromatic rings. The SMILES string of the molecule is COc1cc(C2=NCCCN2)ccc1OCc1c(F)cccc1Cl. The zero-order valence-corrected chi connectivity index (χ0v) is 14.1. The van der Waals surface area contributed by atoms with E-state index in [1.807, 2.05) is 12.1 Å². The van der Waals surface area contributed by atoms with Gasteiger partial charge in [0.15, 0.2) is 11.5 Å². The van der Waals surface area contributed by atoms with Gasteiger partial charge in [-0.25, -0.2) is 4.39 Å². The molecule has 0 bridgehead atoms. The smallest absolute Gasteiger partial charge is 0.161 e. The summed E-state index contributed by atoms with van der Waals surface area (Å²) in [5.74, 6) is 1.55. The maximum atomic E-state index is 13.8.